The van der Waals surface area contributed by atoms with Crippen LogP contribution < -0.4 is 5.32 Å². The van der Waals surface area contributed by atoms with Crippen molar-refractivity contribution in [3.05, 3.63) is 74.5 Å². The molecule has 2 rings (SSSR count). The fraction of sp³-hybridized carbons (Fsp3) is 0.278. The van der Waals surface area contributed by atoms with Crippen LogP contribution in [0.25, 0.3) is 0 Å². The molecule has 28 heavy (non-hydrogen) atoms. The van der Waals surface area contributed by atoms with E-state index in [1.165, 1.54) is 0 Å². The van der Waals surface area contributed by atoms with Crippen molar-refractivity contribution in [1.82, 2.24) is 5.32 Å². The van der Waals surface area contributed by atoms with Crippen LogP contribution in [0.4, 0.5) is 14.9 Å². The maximum atomic E-state index is 13.7. The number of alkyl carbamates (subject to hydrolysis) is 1. The third kappa shape index (κ3) is 5.88. The maximum absolute atomic E-state index is 13.7. The predicted octanol–water partition coefficient (Wildman–Crippen LogP) is 3.10. The number of halogens is 2. The van der Waals surface area contributed by atoms with E-state index in [-0.39, 0.29) is 30.2 Å². The normalized spacial score (nSPS) is 12.9. The lowest BCUT2D eigenvalue weighted by Gasteiger charge is -2.19. The van der Waals surface area contributed by atoms with E-state index >= 15 is 0 Å². The Morgan fingerprint density at radius 3 is 2.61 bits per heavy atom. The van der Waals surface area contributed by atoms with Gasteiger partial charge in [0.1, 0.15) is 12.7 Å². The molecule has 0 saturated carbocycles. The van der Waals surface area contributed by atoms with Crippen molar-refractivity contribution in [2.45, 2.75) is 25.2 Å². The van der Waals surface area contributed by atoms with Crippen LogP contribution in [0.5, 0.6) is 0 Å². The van der Waals surface area contributed by atoms with Gasteiger partial charge in [0.25, 0.3) is 0 Å². The topological polar surface area (TPSA) is 122 Å². The summed E-state index contributed by atoms with van der Waals surface area (Å²) in [6.45, 7) is 0.0501. The smallest absolute Gasteiger partial charge is 0.407 e. The minimum Gasteiger partial charge on any atom is -0.445 e. The number of hydrogen-bond donors (Lipinski definition) is 3. The van der Waals surface area contributed by atoms with Crippen LogP contribution in [0.15, 0.2) is 42.5 Å². The number of hydrogen-bond acceptors (Lipinski definition) is 6. The highest BCUT2D eigenvalue weighted by molar-refractivity contribution is 6.31. The number of benzene rings is 2. The van der Waals surface area contributed by atoms with Crippen LogP contribution in [-0.4, -0.2) is 33.9 Å². The Bertz CT molecular complexity index is 836. The van der Waals surface area contributed by atoms with Crippen LogP contribution in [0.2, 0.25) is 5.02 Å². The fourth-order valence-corrected chi connectivity index (χ4v) is 2.65. The lowest BCUT2D eigenvalue weighted by atomic mass is 10.0. The number of amides is 1. The zero-order valence-corrected chi connectivity index (χ0v) is 15.3. The summed E-state index contributed by atoms with van der Waals surface area (Å²) in [6, 6.07) is 10.5. The monoisotopic (exact) mass is 412 g/mol. The first kappa shape index (κ1) is 21.5. The largest absolute Gasteiger partial charge is 0.445 e. The Labute approximate surface area is 164 Å². The summed E-state index contributed by atoms with van der Waals surface area (Å²) in [6.07, 6.45) is -3.78. The third-order valence-corrected chi connectivity index (χ3v) is 4.20. The molecule has 1 amide bonds. The van der Waals surface area contributed by atoms with Gasteiger partial charge in [0, 0.05) is 18.2 Å². The highest BCUT2D eigenvalue weighted by Gasteiger charge is 2.25. The molecule has 0 aliphatic heterocycles. The molecule has 2 atom stereocenters. The molecule has 2 aromatic carbocycles. The molecule has 0 heterocycles. The zero-order valence-electron chi connectivity index (χ0n) is 14.5. The number of nitrogens with one attached hydrogen (secondary N) is 1. The minimum absolute atomic E-state index is 0.0288. The van der Waals surface area contributed by atoms with Crippen LogP contribution in [0.1, 0.15) is 23.7 Å². The standard InChI is InChI=1S/C18H18ClFN2O6/c19-13-9-15(22(26)27)14(20)8-12(13)17(24)16(23)6-7-21-18(25)28-10-11-4-2-1-3-5-11/h1-5,8-9,16-17,23-24H,6-7,10H2,(H,21,25). The molecule has 3 N–H and O–H groups in total. The molecule has 8 nitrogen and oxygen atoms in total. The molecule has 0 aliphatic rings. The molecule has 2 unspecified atom stereocenters. The van der Waals surface area contributed by atoms with Crippen LogP contribution in [0.3, 0.4) is 0 Å². The maximum Gasteiger partial charge on any atom is 0.407 e. The van der Waals surface area contributed by atoms with E-state index in [1.54, 1.807) is 24.3 Å². The van der Waals surface area contributed by atoms with Crippen molar-refractivity contribution < 1.29 is 29.1 Å². The van der Waals surface area contributed by atoms with Gasteiger partial charge in [-0.05, 0) is 18.1 Å². The SMILES string of the molecule is O=C(NCCC(O)C(O)c1cc(F)c([N+](=O)[O-])cc1Cl)OCc1ccccc1. The van der Waals surface area contributed by atoms with Crippen molar-refractivity contribution in [3.63, 3.8) is 0 Å². The number of carbonyl (C=O) groups is 1. The van der Waals surface area contributed by atoms with Crippen molar-refractivity contribution in [1.29, 1.82) is 0 Å². The van der Waals surface area contributed by atoms with Crippen molar-refractivity contribution in [2.75, 3.05) is 6.54 Å². The van der Waals surface area contributed by atoms with Gasteiger partial charge in [0.15, 0.2) is 0 Å². The van der Waals surface area contributed by atoms with E-state index in [9.17, 15) is 29.5 Å². The Morgan fingerprint density at radius 2 is 1.96 bits per heavy atom. The highest BCUT2D eigenvalue weighted by Crippen LogP contribution is 2.31. The summed E-state index contributed by atoms with van der Waals surface area (Å²) in [5, 5.41) is 33.0. The minimum atomic E-state index is -1.59. The van der Waals surface area contributed by atoms with Crippen LogP contribution in [0, 0.1) is 15.9 Å². The summed E-state index contributed by atoms with van der Waals surface area (Å²) in [4.78, 5) is 21.4. The lowest BCUT2D eigenvalue weighted by molar-refractivity contribution is -0.387. The van der Waals surface area contributed by atoms with E-state index in [2.05, 4.69) is 5.32 Å². The molecule has 0 saturated heterocycles. The number of aliphatic hydroxyl groups is 2. The van der Waals surface area contributed by atoms with Crippen LogP contribution in [-0.2, 0) is 11.3 Å². The highest BCUT2D eigenvalue weighted by atomic mass is 35.5. The van der Waals surface area contributed by atoms with Gasteiger partial charge in [0.05, 0.1) is 16.0 Å². The summed E-state index contributed by atoms with van der Waals surface area (Å²) in [5.41, 5.74) is -0.217. The molecule has 0 aliphatic carbocycles. The van der Waals surface area contributed by atoms with Gasteiger partial charge in [0.2, 0.25) is 5.82 Å². The Balaban J connectivity index is 1.84. The summed E-state index contributed by atoms with van der Waals surface area (Å²) in [5.74, 6) is -1.18. The van der Waals surface area contributed by atoms with Crippen LogP contribution >= 0.6 is 11.6 Å². The summed E-state index contributed by atoms with van der Waals surface area (Å²) in [7, 11) is 0. The van der Waals surface area contributed by atoms with E-state index in [1.807, 2.05) is 6.07 Å². The molecular formula is C18H18ClFN2O6. The van der Waals surface area contributed by atoms with Gasteiger partial charge >= 0.3 is 11.8 Å². The molecule has 10 heteroatoms. The molecular weight excluding hydrogens is 395 g/mol. The number of aliphatic hydroxyl groups excluding tert-OH is 2. The van der Waals surface area contributed by atoms with E-state index < -0.39 is 34.7 Å². The van der Waals surface area contributed by atoms with Gasteiger partial charge in [-0.15, -0.1) is 0 Å². The fourth-order valence-electron chi connectivity index (χ4n) is 2.38. The van der Waals surface area contributed by atoms with Crippen molar-refractivity contribution in [2.24, 2.45) is 0 Å². The average Bonchev–Trinajstić information content (AvgIpc) is 2.67. The molecule has 0 spiro atoms. The second-order valence-electron chi connectivity index (χ2n) is 5.87. The number of nitro benzene ring substituents is 1. The number of nitro groups is 1. The molecule has 150 valence electrons. The Kier molecular flexibility index (Phi) is 7.68. The van der Waals surface area contributed by atoms with E-state index in [4.69, 9.17) is 16.3 Å². The Morgan fingerprint density at radius 1 is 1.29 bits per heavy atom. The Hall–Kier alpha value is -2.75. The van der Waals surface area contributed by atoms with E-state index in [0.29, 0.717) is 6.07 Å². The second-order valence-corrected chi connectivity index (χ2v) is 6.28. The average molecular weight is 413 g/mol. The number of rotatable bonds is 8. The predicted molar refractivity (Wildman–Crippen MR) is 98.3 cm³/mol. The van der Waals surface area contributed by atoms with Crippen molar-refractivity contribution >= 4 is 23.4 Å². The number of nitrogens with zero attached hydrogens (tertiary/aromatic N) is 1. The molecule has 0 fully saturated rings. The van der Waals surface area contributed by atoms with Gasteiger partial charge in [-0.25, -0.2) is 4.79 Å². The number of ether oxygens (including phenoxy) is 1. The molecule has 0 bridgehead atoms. The molecule has 2 aromatic rings. The van der Waals surface area contributed by atoms with E-state index in [0.717, 1.165) is 11.6 Å². The summed E-state index contributed by atoms with van der Waals surface area (Å²) < 4.78 is 18.7. The summed E-state index contributed by atoms with van der Waals surface area (Å²) >= 11 is 5.84. The first-order chi connectivity index (χ1) is 13.3. The van der Waals surface area contributed by atoms with Crippen molar-refractivity contribution in [3.8, 4) is 0 Å². The molecule has 0 radical (unpaired) electrons. The number of carbonyl (C=O) groups excluding carboxylic acids is 1. The van der Waals surface area contributed by atoms with Gasteiger partial charge < -0.3 is 20.3 Å². The van der Waals surface area contributed by atoms with Gasteiger partial charge in [-0.2, -0.15) is 4.39 Å². The molecule has 0 aromatic heterocycles. The zero-order chi connectivity index (χ0) is 20.7. The lowest BCUT2D eigenvalue weighted by Crippen LogP contribution is -2.30. The second kappa shape index (κ2) is 9.98. The van der Waals surface area contributed by atoms with Gasteiger partial charge in [-0.1, -0.05) is 41.9 Å². The van der Waals surface area contributed by atoms with Gasteiger partial charge in [-0.3, -0.25) is 10.1 Å². The quantitative estimate of drug-likeness (QED) is 0.452. The third-order valence-electron chi connectivity index (χ3n) is 3.87. The first-order valence-corrected chi connectivity index (χ1v) is 8.61. The first-order valence-electron chi connectivity index (χ1n) is 8.23.